The van der Waals surface area contributed by atoms with Gasteiger partial charge in [-0.15, -0.1) is 0 Å². The number of aliphatic hydroxyl groups is 1. The zero-order valence-electron chi connectivity index (χ0n) is 20.3. The molecule has 3 fully saturated rings. The summed E-state index contributed by atoms with van der Waals surface area (Å²) in [6, 6.07) is 0. The maximum Gasteiger partial charge on any atom is 0.0577 e. The van der Waals surface area contributed by atoms with E-state index in [1.54, 1.807) is 5.57 Å². The van der Waals surface area contributed by atoms with Gasteiger partial charge in [-0.3, -0.25) is 0 Å². The van der Waals surface area contributed by atoms with E-state index in [1.165, 1.54) is 44.1 Å². The molecule has 4 aliphatic carbocycles. The Hall–Kier alpha value is -0.820. The summed E-state index contributed by atoms with van der Waals surface area (Å²) < 4.78 is 0. The van der Waals surface area contributed by atoms with E-state index in [2.05, 4.69) is 59.4 Å². The lowest BCUT2D eigenvalue weighted by Crippen LogP contribution is -2.50. The van der Waals surface area contributed by atoms with Crippen molar-refractivity contribution in [2.45, 2.75) is 98.5 Å². The summed E-state index contributed by atoms with van der Waals surface area (Å²) in [5.41, 5.74) is 3.77. The second-order valence-corrected chi connectivity index (χ2v) is 12.0. The number of hydrogen-bond acceptors (Lipinski definition) is 1. The van der Waals surface area contributed by atoms with Crippen molar-refractivity contribution in [2.75, 3.05) is 0 Å². The Labute approximate surface area is 186 Å². The molecule has 0 aromatic carbocycles. The predicted molar refractivity (Wildman–Crippen MR) is 128 cm³/mol. The molecular weight excluding hydrogens is 364 g/mol. The molecule has 0 aromatic rings. The highest BCUT2D eigenvalue weighted by atomic mass is 16.3. The molecule has 1 N–H and O–H groups in total. The molecule has 0 saturated heterocycles. The minimum Gasteiger partial charge on any atom is -0.393 e. The molecule has 2 unspecified atom stereocenters. The highest BCUT2D eigenvalue weighted by Gasteiger charge is 2.58. The highest BCUT2D eigenvalue weighted by molar-refractivity contribution is 5.25. The van der Waals surface area contributed by atoms with E-state index in [0.29, 0.717) is 22.7 Å². The number of aliphatic hydroxyl groups excluding tert-OH is 1. The van der Waals surface area contributed by atoms with E-state index in [1.807, 2.05) is 0 Å². The quantitative estimate of drug-likeness (QED) is 0.460. The molecule has 1 heteroatoms. The van der Waals surface area contributed by atoms with Crippen LogP contribution in [0.3, 0.4) is 0 Å². The highest BCUT2D eigenvalue weighted by Crippen LogP contribution is 2.67. The first kappa shape index (κ1) is 22.4. The number of rotatable bonds is 5. The van der Waals surface area contributed by atoms with Crippen molar-refractivity contribution in [2.24, 2.45) is 46.3 Å². The maximum atomic E-state index is 10.2. The Morgan fingerprint density at radius 3 is 2.63 bits per heavy atom. The Kier molecular flexibility index (Phi) is 6.17. The number of allylic oxidation sites excluding steroid dienone is 4. The van der Waals surface area contributed by atoms with Crippen molar-refractivity contribution in [1.82, 2.24) is 0 Å². The third-order valence-corrected chi connectivity index (χ3v) is 10.5. The molecule has 4 aliphatic rings. The summed E-state index contributed by atoms with van der Waals surface area (Å²) >= 11 is 0. The third kappa shape index (κ3) is 3.58. The van der Waals surface area contributed by atoms with Gasteiger partial charge in [0.25, 0.3) is 0 Å². The first-order chi connectivity index (χ1) is 14.2. The summed E-state index contributed by atoms with van der Waals surface area (Å²) in [6.07, 6.45) is 18.7. The molecule has 0 spiro atoms. The number of fused-ring (bicyclic) bond motifs is 5. The summed E-state index contributed by atoms with van der Waals surface area (Å²) in [5.74, 6) is 4.64. The first-order valence-electron chi connectivity index (χ1n) is 12.9. The minimum absolute atomic E-state index is 0.0932. The average Bonchev–Trinajstić information content (AvgIpc) is 3.06. The van der Waals surface area contributed by atoms with Gasteiger partial charge < -0.3 is 5.11 Å². The normalized spacial score (nSPS) is 45.3. The molecule has 4 rings (SSSR count). The van der Waals surface area contributed by atoms with Crippen LogP contribution in [0.1, 0.15) is 92.4 Å². The van der Waals surface area contributed by atoms with Crippen LogP contribution in [-0.2, 0) is 0 Å². The van der Waals surface area contributed by atoms with Gasteiger partial charge in [0.05, 0.1) is 6.10 Å². The van der Waals surface area contributed by atoms with Crippen molar-refractivity contribution >= 4 is 0 Å². The molecule has 0 amide bonds. The summed E-state index contributed by atoms with van der Waals surface area (Å²) in [6.45, 7) is 16.3. The van der Waals surface area contributed by atoms with Crippen molar-refractivity contribution in [3.8, 4) is 0 Å². The molecule has 9 atom stereocenters. The zero-order chi connectivity index (χ0) is 21.7. The lowest BCUT2D eigenvalue weighted by molar-refractivity contribution is -0.0540. The van der Waals surface area contributed by atoms with Gasteiger partial charge in [0.2, 0.25) is 0 Å². The van der Waals surface area contributed by atoms with E-state index in [0.717, 1.165) is 42.9 Å². The Morgan fingerprint density at radius 1 is 1.17 bits per heavy atom. The lowest BCUT2D eigenvalue weighted by Gasteiger charge is -2.58. The van der Waals surface area contributed by atoms with Gasteiger partial charge in [0, 0.05) is 0 Å². The third-order valence-electron chi connectivity index (χ3n) is 10.5. The van der Waals surface area contributed by atoms with Gasteiger partial charge in [0.1, 0.15) is 0 Å². The monoisotopic (exact) mass is 410 g/mol. The van der Waals surface area contributed by atoms with Crippen LogP contribution in [0.25, 0.3) is 0 Å². The van der Waals surface area contributed by atoms with Gasteiger partial charge in [-0.25, -0.2) is 0 Å². The van der Waals surface area contributed by atoms with Gasteiger partial charge in [-0.2, -0.15) is 0 Å². The molecule has 1 nitrogen and oxygen atoms in total. The Morgan fingerprint density at radius 2 is 1.93 bits per heavy atom. The van der Waals surface area contributed by atoms with Crippen LogP contribution in [0.4, 0.5) is 0 Å². The van der Waals surface area contributed by atoms with Crippen molar-refractivity contribution in [3.05, 3.63) is 36.0 Å². The second-order valence-electron chi connectivity index (χ2n) is 12.0. The maximum absolute atomic E-state index is 10.2. The van der Waals surface area contributed by atoms with E-state index in [4.69, 9.17) is 0 Å². The molecule has 0 aromatic heterocycles. The molecular formula is C29H46O. The fraction of sp³-hybridized carbons (Fsp3) is 0.793. The van der Waals surface area contributed by atoms with Gasteiger partial charge >= 0.3 is 0 Å². The van der Waals surface area contributed by atoms with Crippen molar-refractivity contribution < 1.29 is 5.11 Å². The van der Waals surface area contributed by atoms with Crippen LogP contribution in [0.2, 0.25) is 0 Å². The molecule has 0 aliphatic heterocycles. The lowest BCUT2D eigenvalue weighted by atomic mass is 9.47. The largest absolute Gasteiger partial charge is 0.393 e. The van der Waals surface area contributed by atoms with E-state index >= 15 is 0 Å². The Bertz CT molecular complexity index is 716. The van der Waals surface area contributed by atoms with Crippen LogP contribution in [-0.4, -0.2) is 11.2 Å². The minimum atomic E-state index is -0.0932. The van der Waals surface area contributed by atoms with Gasteiger partial charge in [0.15, 0.2) is 0 Å². The van der Waals surface area contributed by atoms with Gasteiger partial charge in [-0.1, -0.05) is 63.6 Å². The molecule has 3 saturated carbocycles. The number of hydrogen-bond donors (Lipinski definition) is 1. The summed E-state index contributed by atoms with van der Waals surface area (Å²) in [5, 5.41) is 10.2. The van der Waals surface area contributed by atoms with Crippen LogP contribution in [0, 0.1) is 46.3 Å². The van der Waals surface area contributed by atoms with Gasteiger partial charge in [-0.05, 0) is 111 Å². The van der Waals surface area contributed by atoms with Crippen LogP contribution >= 0.6 is 0 Å². The molecule has 30 heavy (non-hydrogen) atoms. The van der Waals surface area contributed by atoms with Crippen LogP contribution in [0.15, 0.2) is 36.0 Å². The molecule has 0 radical (unpaired) electrons. The van der Waals surface area contributed by atoms with Crippen molar-refractivity contribution in [3.63, 3.8) is 0 Å². The standard InChI is InChI=1S/C29H46O/c1-7-21(19(2)3)9-8-20(4)25-12-13-26-24-11-10-22-18-23(30)14-16-28(22,5)27(24)15-17-29(25,26)6/h8-10,20-21,23-27,30H,2,7,11-18H2,1,3-6H3/t20?,21?,23-,24-,25+,26-,27-,28-,29+/m0/s1. The smallest absolute Gasteiger partial charge is 0.0577 e. The topological polar surface area (TPSA) is 20.2 Å². The molecule has 0 heterocycles. The summed E-state index contributed by atoms with van der Waals surface area (Å²) in [4.78, 5) is 0. The van der Waals surface area contributed by atoms with E-state index < -0.39 is 0 Å². The van der Waals surface area contributed by atoms with Crippen LogP contribution < -0.4 is 0 Å². The van der Waals surface area contributed by atoms with E-state index in [-0.39, 0.29) is 6.10 Å². The van der Waals surface area contributed by atoms with E-state index in [9.17, 15) is 5.11 Å². The second kappa shape index (κ2) is 8.27. The first-order valence-corrected chi connectivity index (χ1v) is 12.9. The van der Waals surface area contributed by atoms with Crippen molar-refractivity contribution in [1.29, 1.82) is 0 Å². The fourth-order valence-corrected chi connectivity index (χ4v) is 8.64. The van der Waals surface area contributed by atoms with Crippen LogP contribution in [0.5, 0.6) is 0 Å². The summed E-state index contributed by atoms with van der Waals surface area (Å²) in [7, 11) is 0. The SMILES string of the molecule is C=C(C)C(C=CC(C)[C@H]1CC[C@H]2[C@@H]3CC=C4C[C@@H](O)CC[C@]4(C)[C@H]3CC[C@]12C)CC. The molecule has 0 bridgehead atoms. The average molecular weight is 411 g/mol. The predicted octanol–water partition coefficient (Wildman–Crippen LogP) is 7.72. The zero-order valence-corrected chi connectivity index (χ0v) is 20.3. The fourth-order valence-electron chi connectivity index (χ4n) is 8.64. The molecule has 168 valence electrons. The Balaban J connectivity index is 1.53.